The van der Waals surface area contributed by atoms with E-state index in [2.05, 4.69) is 15.5 Å². The molecule has 2 heterocycles. The number of hydrogen-bond donors (Lipinski definition) is 1. The van der Waals surface area contributed by atoms with Gasteiger partial charge in [0.2, 0.25) is 11.8 Å². The summed E-state index contributed by atoms with van der Waals surface area (Å²) in [6, 6.07) is 10.9. The summed E-state index contributed by atoms with van der Waals surface area (Å²) in [5, 5.41) is 11.4. The zero-order valence-electron chi connectivity index (χ0n) is 15.0. The summed E-state index contributed by atoms with van der Waals surface area (Å²) >= 11 is 1.30. The molecule has 27 heavy (non-hydrogen) atoms. The fourth-order valence-electron chi connectivity index (χ4n) is 2.40. The van der Waals surface area contributed by atoms with E-state index in [1.54, 1.807) is 41.2 Å². The minimum absolute atomic E-state index is 0.0436. The van der Waals surface area contributed by atoms with Gasteiger partial charge in [-0.15, -0.1) is 10.2 Å². The van der Waals surface area contributed by atoms with Crippen LogP contribution in [0.3, 0.4) is 0 Å². The van der Waals surface area contributed by atoms with Crippen LogP contribution in [0.15, 0.2) is 58.6 Å². The number of hydrogen-bond acceptors (Lipinski definition) is 6. The molecular weight excluding hydrogens is 366 g/mol. The first kappa shape index (κ1) is 18.7. The minimum Gasteiger partial charge on any atom is -0.467 e. The summed E-state index contributed by atoms with van der Waals surface area (Å²) < 4.78 is 7.04. The predicted molar refractivity (Wildman–Crippen MR) is 102 cm³/mol. The van der Waals surface area contributed by atoms with Crippen LogP contribution in [-0.2, 0) is 16.1 Å². The van der Waals surface area contributed by atoms with Gasteiger partial charge in [-0.05, 0) is 30.3 Å². The standard InChI is InChI=1S/C18H19N5O3S/c1-13(24)20-14-5-3-6-15(9-14)23-12-19-21-18(23)27-11-17(25)22(2)10-16-7-4-8-26-16/h3-9,12H,10-11H2,1-2H3,(H,20,24). The SMILES string of the molecule is CC(=O)Nc1cccc(-n2cnnc2SCC(=O)N(C)Cc2ccco2)c1. The van der Waals surface area contributed by atoms with Gasteiger partial charge in [-0.25, -0.2) is 0 Å². The van der Waals surface area contributed by atoms with Crippen LogP contribution in [0.4, 0.5) is 5.69 Å². The molecule has 0 aliphatic carbocycles. The number of carbonyl (C=O) groups excluding carboxylic acids is 2. The van der Waals surface area contributed by atoms with E-state index in [1.165, 1.54) is 18.7 Å². The number of carbonyl (C=O) groups is 2. The van der Waals surface area contributed by atoms with Gasteiger partial charge < -0.3 is 14.6 Å². The van der Waals surface area contributed by atoms with Crippen molar-refractivity contribution in [2.24, 2.45) is 0 Å². The number of furan rings is 1. The normalized spacial score (nSPS) is 10.6. The highest BCUT2D eigenvalue weighted by molar-refractivity contribution is 7.99. The number of nitrogens with zero attached hydrogens (tertiary/aromatic N) is 4. The van der Waals surface area contributed by atoms with Gasteiger partial charge in [-0.2, -0.15) is 0 Å². The Balaban J connectivity index is 1.65. The number of benzene rings is 1. The first-order chi connectivity index (χ1) is 13.0. The molecular formula is C18H19N5O3S. The van der Waals surface area contributed by atoms with Crippen molar-refractivity contribution in [3.63, 3.8) is 0 Å². The third kappa shape index (κ3) is 4.98. The smallest absolute Gasteiger partial charge is 0.233 e. The number of amides is 2. The molecule has 9 heteroatoms. The van der Waals surface area contributed by atoms with Crippen molar-refractivity contribution in [1.29, 1.82) is 0 Å². The second-order valence-electron chi connectivity index (χ2n) is 5.83. The second-order valence-corrected chi connectivity index (χ2v) is 6.78. The van der Waals surface area contributed by atoms with E-state index in [0.29, 0.717) is 17.4 Å². The lowest BCUT2D eigenvalue weighted by Crippen LogP contribution is -2.27. The van der Waals surface area contributed by atoms with Crippen molar-refractivity contribution >= 4 is 29.3 Å². The van der Waals surface area contributed by atoms with Crippen LogP contribution < -0.4 is 5.32 Å². The summed E-state index contributed by atoms with van der Waals surface area (Å²) in [6.07, 6.45) is 3.16. The van der Waals surface area contributed by atoms with Gasteiger partial charge in [0.25, 0.3) is 0 Å². The van der Waals surface area contributed by atoms with Gasteiger partial charge >= 0.3 is 0 Å². The summed E-state index contributed by atoms with van der Waals surface area (Å²) in [7, 11) is 1.73. The van der Waals surface area contributed by atoms with Gasteiger partial charge in [0, 0.05) is 19.7 Å². The Labute approximate surface area is 160 Å². The Morgan fingerprint density at radius 3 is 2.89 bits per heavy atom. The van der Waals surface area contributed by atoms with Crippen molar-refractivity contribution in [2.45, 2.75) is 18.6 Å². The van der Waals surface area contributed by atoms with E-state index in [9.17, 15) is 9.59 Å². The fraction of sp³-hybridized carbons (Fsp3) is 0.222. The van der Waals surface area contributed by atoms with E-state index in [0.717, 1.165) is 11.4 Å². The summed E-state index contributed by atoms with van der Waals surface area (Å²) in [4.78, 5) is 25.2. The van der Waals surface area contributed by atoms with E-state index in [1.807, 2.05) is 24.3 Å². The molecule has 0 saturated carbocycles. The minimum atomic E-state index is -0.143. The van der Waals surface area contributed by atoms with Crippen LogP contribution in [0.5, 0.6) is 0 Å². The van der Waals surface area contributed by atoms with E-state index in [-0.39, 0.29) is 17.6 Å². The maximum absolute atomic E-state index is 12.3. The van der Waals surface area contributed by atoms with Crippen molar-refractivity contribution in [3.8, 4) is 5.69 Å². The van der Waals surface area contributed by atoms with Crippen LogP contribution in [0, 0.1) is 0 Å². The number of rotatable bonds is 7. The molecule has 2 aromatic heterocycles. The van der Waals surface area contributed by atoms with Crippen molar-refractivity contribution in [2.75, 3.05) is 18.1 Å². The van der Waals surface area contributed by atoms with E-state index >= 15 is 0 Å². The Kier molecular flexibility index (Phi) is 5.92. The third-order valence-corrected chi connectivity index (χ3v) is 4.61. The quantitative estimate of drug-likeness (QED) is 0.628. The average Bonchev–Trinajstić information content (AvgIpc) is 3.30. The first-order valence-electron chi connectivity index (χ1n) is 8.20. The number of nitrogens with one attached hydrogen (secondary N) is 1. The Bertz CT molecular complexity index is 923. The summed E-state index contributed by atoms with van der Waals surface area (Å²) in [5.74, 6) is 0.767. The fourth-order valence-corrected chi connectivity index (χ4v) is 3.27. The molecule has 0 radical (unpaired) electrons. The zero-order chi connectivity index (χ0) is 19.2. The lowest BCUT2D eigenvalue weighted by atomic mass is 10.2. The van der Waals surface area contributed by atoms with Crippen molar-refractivity contribution in [3.05, 3.63) is 54.7 Å². The number of thioether (sulfide) groups is 1. The topological polar surface area (TPSA) is 93.3 Å². The Hall–Kier alpha value is -3.07. The molecule has 0 atom stereocenters. The molecule has 0 unspecified atom stereocenters. The first-order valence-corrected chi connectivity index (χ1v) is 9.18. The summed E-state index contributed by atoms with van der Waals surface area (Å²) in [5.41, 5.74) is 1.48. The molecule has 2 amide bonds. The predicted octanol–water partition coefficient (Wildman–Crippen LogP) is 2.57. The van der Waals surface area contributed by atoms with Crippen LogP contribution in [0.1, 0.15) is 12.7 Å². The molecule has 1 N–H and O–H groups in total. The van der Waals surface area contributed by atoms with Crippen LogP contribution in [0.2, 0.25) is 0 Å². The molecule has 0 spiro atoms. The van der Waals surface area contributed by atoms with Gasteiger partial charge in [0.05, 0.1) is 24.2 Å². The summed E-state index contributed by atoms with van der Waals surface area (Å²) in [6.45, 7) is 1.87. The van der Waals surface area contributed by atoms with Gasteiger partial charge in [-0.1, -0.05) is 17.8 Å². The lowest BCUT2D eigenvalue weighted by Gasteiger charge is -2.15. The van der Waals surface area contributed by atoms with Gasteiger partial charge in [0.1, 0.15) is 12.1 Å². The molecule has 3 rings (SSSR count). The molecule has 0 saturated heterocycles. The Morgan fingerprint density at radius 1 is 1.30 bits per heavy atom. The van der Waals surface area contributed by atoms with Crippen LogP contribution in [-0.4, -0.2) is 44.3 Å². The van der Waals surface area contributed by atoms with Crippen molar-refractivity contribution in [1.82, 2.24) is 19.7 Å². The molecule has 140 valence electrons. The zero-order valence-corrected chi connectivity index (χ0v) is 15.8. The van der Waals surface area contributed by atoms with Gasteiger partial charge in [0.15, 0.2) is 5.16 Å². The molecule has 3 aromatic rings. The highest BCUT2D eigenvalue weighted by atomic mass is 32.2. The molecule has 8 nitrogen and oxygen atoms in total. The van der Waals surface area contributed by atoms with Crippen LogP contribution >= 0.6 is 11.8 Å². The van der Waals surface area contributed by atoms with Gasteiger partial charge in [-0.3, -0.25) is 14.2 Å². The maximum Gasteiger partial charge on any atom is 0.233 e. The highest BCUT2D eigenvalue weighted by Crippen LogP contribution is 2.22. The van der Waals surface area contributed by atoms with Crippen molar-refractivity contribution < 1.29 is 14.0 Å². The lowest BCUT2D eigenvalue weighted by molar-refractivity contribution is -0.127. The Morgan fingerprint density at radius 2 is 2.15 bits per heavy atom. The average molecular weight is 385 g/mol. The molecule has 1 aromatic carbocycles. The third-order valence-electron chi connectivity index (χ3n) is 3.68. The monoisotopic (exact) mass is 385 g/mol. The van der Waals surface area contributed by atoms with E-state index < -0.39 is 0 Å². The molecule has 0 aliphatic heterocycles. The maximum atomic E-state index is 12.3. The molecule has 0 aliphatic rings. The second kappa shape index (κ2) is 8.54. The molecule has 0 bridgehead atoms. The highest BCUT2D eigenvalue weighted by Gasteiger charge is 2.14. The number of aromatic nitrogens is 3. The van der Waals surface area contributed by atoms with Crippen LogP contribution in [0.25, 0.3) is 5.69 Å². The largest absolute Gasteiger partial charge is 0.467 e. The number of anilines is 1. The van der Waals surface area contributed by atoms with E-state index in [4.69, 9.17) is 4.42 Å². The molecule has 0 fully saturated rings.